The van der Waals surface area contributed by atoms with E-state index in [2.05, 4.69) is 17.6 Å². The zero-order valence-corrected chi connectivity index (χ0v) is 12.7. The zero-order valence-electron chi connectivity index (χ0n) is 12.7. The molecule has 0 atom stereocenters. The Labute approximate surface area is 129 Å². The van der Waals surface area contributed by atoms with E-state index in [0.29, 0.717) is 12.3 Å². The van der Waals surface area contributed by atoms with Crippen molar-refractivity contribution in [2.75, 3.05) is 31.7 Å². The lowest BCUT2D eigenvalue weighted by Gasteiger charge is -2.28. The van der Waals surface area contributed by atoms with Crippen LogP contribution < -0.4 is 15.4 Å². The predicted octanol–water partition coefficient (Wildman–Crippen LogP) is 0.703. The van der Waals surface area contributed by atoms with Gasteiger partial charge in [0.1, 0.15) is 11.3 Å². The molecule has 22 heavy (non-hydrogen) atoms. The van der Waals surface area contributed by atoms with Crippen LogP contribution in [0.3, 0.4) is 0 Å². The Hall–Kier alpha value is -1.83. The van der Waals surface area contributed by atoms with Gasteiger partial charge < -0.3 is 30.7 Å². The molecule has 7 heteroatoms. The summed E-state index contributed by atoms with van der Waals surface area (Å²) >= 11 is 0. The summed E-state index contributed by atoms with van der Waals surface area (Å²) in [5.74, 6) is 0.717. The van der Waals surface area contributed by atoms with Crippen LogP contribution in [0.15, 0.2) is 24.3 Å². The molecule has 0 aliphatic rings. The van der Waals surface area contributed by atoms with Gasteiger partial charge in [-0.25, -0.2) is 4.79 Å². The van der Waals surface area contributed by atoms with E-state index in [1.807, 2.05) is 0 Å². The van der Waals surface area contributed by atoms with E-state index in [1.165, 1.54) is 0 Å². The van der Waals surface area contributed by atoms with Crippen LogP contribution >= 0.6 is 0 Å². The zero-order chi connectivity index (χ0) is 16.4. The minimum Gasteiger partial charge on any atom is -0.494 e. The van der Waals surface area contributed by atoms with Gasteiger partial charge in [-0.3, -0.25) is 0 Å². The molecule has 0 radical (unpaired) electrons. The number of urea groups is 1. The Morgan fingerprint density at radius 3 is 2.23 bits per heavy atom. The van der Waals surface area contributed by atoms with Crippen molar-refractivity contribution < 1.29 is 24.9 Å². The van der Waals surface area contributed by atoms with Crippen LogP contribution in [0.4, 0.5) is 10.5 Å². The van der Waals surface area contributed by atoms with Crippen LogP contribution in [0, 0.1) is 0 Å². The first-order chi connectivity index (χ1) is 10.6. The van der Waals surface area contributed by atoms with E-state index in [-0.39, 0.29) is 0 Å². The standard InChI is InChI=1S/C15H24N2O5/c1-2-3-8-22-13-6-4-12(5-7-13)16-14(21)17-15(9-18,10-19)11-20/h4-7,18-20H,2-3,8-11H2,1H3,(H2,16,17,21). The summed E-state index contributed by atoms with van der Waals surface area (Å²) in [6.45, 7) is 1.02. The summed E-state index contributed by atoms with van der Waals surface area (Å²) in [7, 11) is 0. The highest BCUT2D eigenvalue weighted by molar-refractivity contribution is 5.89. The maximum Gasteiger partial charge on any atom is 0.319 e. The van der Waals surface area contributed by atoms with Crippen molar-refractivity contribution in [3.63, 3.8) is 0 Å². The molecule has 0 bridgehead atoms. The molecule has 124 valence electrons. The van der Waals surface area contributed by atoms with Crippen LogP contribution in [-0.2, 0) is 0 Å². The first-order valence-electron chi connectivity index (χ1n) is 7.23. The summed E-state index contributed by atoms with van der Waals surface area (Å²) in [6, 6.07) is 6.21. The number of nitrogens with one attached hydrogen (secondary N) is 2. The second-order valence-corrected chi connectivity index (χ2v) is 5.06. The van der Waals surface area contributed by atoms with E-state index in [4.69, 9.17) is 20.1 Å². The molecule has 0 saturated heterocycles. The molecule has 0 saturated carbocycles. The van der Waals surface area contributed by atoms with Gasteiger partial charge in [-0.15, -0.1) is 0 Å². The molecule has 0 unspecified atom stereocenters. The van der Waals surface area contributed by atoms with E-state index in [9.17, 15) is 4.79 Å². The number of amides is 2. The molecule has 1 aromatic rings. The first-order valence-corrected chi connectivity index (χ1v) is 7.23. The summed E-state index contributed by atoms with van der Waals surface area (Å²) in [5, 5.41) is 32.4. The van der Waals surface area contributed by atoms with Gasteiger partial charge in [-0.1, -0.05) is 13.3 Å². The van der Waals surface area contributed by atoms with Crippen molar-refractivity contribution in [1.82, 2.24) is 5.32 Å². The minimum absolute atomic E-state index is 0.531. The Morgan fingerprint density at radius 1 is 1.14 bits per heavy atom. The number of hydrogen-bond donors (Lipinski definition) is 5. The lowest BCUT2D eigenvalue weighted by Crippen LogP contribution is -2.58. The minimum atomic E-state index is -1.45. The lowest BCUT2D eigenvalue weighted by atomic mass is 10.0. The van der Waals surface area contributed by atoms with Gasteiger partial charge in [0.15, 0.2) is 0 Å². The van der Waals surface area contributed by atoms with Crippen LogP contribution in [-0.4, -0.2) is 53.3 Å². The Kier molecular flexibility index (Phi) is 7.65. The van der Waals surface area contributed by atoms with Crippen molar-refractivity contribution in [1.29, 1.82) is 0 Å². The monoisotopic (exact) mass is 312 g/mol. The van der Waals surface area contributed by atoms with E-state index in [0.717, 1.165) is 18.6 Å². The van der Waals surface area contributed by atoms with E-state index >= 15 is 0 Å². The van der Waals surface area contributed by atoms with Gasteiger partial charge in [0.05, 0.1) is 26.4 Å². The molecule has 0 heterocycles. The Morgan fingerprint density at radius 2 is 1.73 bits per heavy atom. The molecular formula is C15H24N2O5. The maximum atomic E-state index is 11.8. The highest BCUT2D eigenvalue weighted by atomic mass is 16.5. The third-order valence-electron chi connectivity index (χ3n) is 3.17. The second-order valence-electron chi connectivity index (χ2n) is 5.06. The predicted molar refractivity (Wildman–Crippen MR) is 83.0 cm³/mol. The highest BCUT2D eigenvalue weighted by Gasteiger charge is 2.29. The van der Waals surface area contributed by atoms with Gasteiger partial charge in [0, 0.05) is 5.69 Å². The van der Waals surface area contributed by atoms with Crippen molar-refractivity contribution in [2.45, 2.75) is 25.3 Å². The normalized spacial score (nSPS) is 11.1. The van der Waals surface area contributed by atoms with Gasteiger partial charge in [-0.2, -0.15) is 0 Å². The summed E-state index contributed by atoms with van der Waals surface area (Å²) in [4.78, 5) is 11.8. The fraction of sp³-hybridized carbons (Fsp3) is 0.533. The number of rotatable bonds is 9. The van der Waals surface area contributed by atoms with Crippen LogP contribution in [0.1, 0.15) is 19.8 Å². The second kappa shape index (κ2) is 9.24. The molecule has 2 amide bonds. The SMILES string of the molecule is CCCCOc1ccc(NC(=O)NC(CO)(CO)CO)cc1. The number of aliphatic hydroxyl groups is 3. The number of benzene rings is 1. The molecule has 1 aromatic carbocycles. The molecular weight excluding hydrogens is 288 g/mol. The van der Waals surface area contributed by atoms with Crippen molar-refractivity contribution in [3.05, 3.63) is 24.3 Å². The molecule has 7 nitrogen and oxygen atoms in total. The van der Waals surface area contributed by atoms with Gasteiger partial charge in [0.2, 0.25) is 0 Å². The molecule has 0 aliphatic heterocycles. The third-order valence-corrected chi connectivity index (χ3v) is 3.17. The number of ether oxygens (including phenoxy) is 1. The van der Waals surface area contributed by atoms with Crippen molar-refractivity contribution in [2.24, 2.45) is 0 Å². The van der Waals surface area contributed by atoms with E-state index < -0.39 is 31.4 Å². The van der Waals surface area contributed by atoms with Crippen LogP contribution in [0.5, 0.6) is 5.75 Å². The number of hydrogen-bond acceptors (Lipinski definition) is 5. The topological polar surface area (TPSA) is 111 Å². The summed E-state index contributed by atoms with van der Waals surface area (Å²) in [5.41, 5.74) is -0.920. The smallest absolute Gasteiger partial charge is 0.319 e. The summed E-state index contributed by atoms with van der Waals surface area (Å²) < 4.78 is 5.51. The molecule has 0 aliphatic carbocycles. The first kappa shape index (κ1) is 18.2. The van der Waals surface area contributed by atoms with Crippen molar-refractivity contribution in [3.8, 4) is 5.75 Å². The number of carbonyl (C=O) groups is 1. The average Bonchev–Trinajstić information content (AvgIpc) is 2.54. The van der Waals surface area contributed by atoms with Gasteiger partial charge in [0.25, 0.3) is 0 Å². The lowest BCUT2D eigenvalue weighted by molar-refractivity contribution is 0.0507. The molecule has 0 aromatic heterocycles. The highest BCUT2D eigenvalue weighted by Crippen LogP contribution is 2.16. The molecule has 1 rings (SSSR count). The van der Waals surface area contributed by atoms with Crippen LogP contribution in [0.2, 0.25) is 0 Å². The number of carbonyl (C=O) groups excluding carboxylic acids is 1. The van der Waals surface area contributed by atoms with Gasteiger partial charge in [-0.05, 0) is 30.7 Å². The number of unbranched alkanes of at least 4 members (excludes halogenated alkanes) is 1. The van der Waals surface area contributed by atoms with Crippen molar-refractivity contribution >= 4 is 11.7 Å². The Balaban J connectivity index is 2.54. The molecule has 5 N–H and O–H groups in total. The fourth-order valence-corrected chi connectivity index (χ4v) is 1.64. The van der Waals surface area contributed by atoms with Gasteiger partial charge >= 0.3 is 6.03 Å². The number of aliphatic hydroxyl groups excluding tert-OH is 3. The third kappa shape index (κ3) is 5.51. The number of anilines is 1. The Bertz CT molecular complexity index is 437. The summed E-state index contributed by atoms with van der Waals surface area (Å²) in [6.07, 6.45) is 2.04. The molecule has 0 fully saturated rings. The quantitative estimate of drug-likeness (QED) is 0.431. The largest absolute Gasteiger partial charge is 0.494 e. The molecule has 0 spiro atoms. The van der Waals surface area contributed by atoms with Crippen LogP contribution in [0.25, 0.3) is 0 Å². The van der Waals surface area contributed by atoms with E-state index in [1.54, 1.807) is 24.3 Å². The fourth-order valence-electron chi connectivity index (χ4n) is 1.64. The maximum absolute atomic E-state index is 11.8. The average molecular weight is 312 g/mol.